The van der Waals surface area contributed by atoms with Gasteiger partial charge in [-0.15, -0.1) is 0 Å². The van der Waals surface area contributed by atoms with Gasteiger partial charge in [-0.05, 0) is 40.5 Å². The standard InChI is InChI=1S/C26H20F3NO3/c27-26(28,29)18-12-13-24(31)17(15-18)7-5-6-14-30-25(32)33-16-23-21-10-3-1-8-19(21)20-9-2-4-11-22(20)23/h1-4,8-13,15,23,31H,6,14,16H2,(H,30,32). The van der Waals surface area contributed by atoms with Crippen LogP contribution in [0.3, 0.4) is 0 Å². The molecule has 0 radical (unpaired) electrons. The van der Waals surface area contributed by atoms with E-state index < -0.39 is 17.8 Å². The molecule has 0 bridgehead atoms. The molecule has 2 N–H and O–H groups in total. The quantitative estimate of drug-likeness (QED) is 0.396. The molecule has 7 heteroatoms. The number of phenols is 1. The summed E-state index contributed by atoms with van der Waals surface area (Å²) in [5.74, 6) is 4.78. The smallest absolute Gasteiger partial charge is 0.416 e. The number of carbonyl (C=O) groups is 1. The molecule has 33 heavy (non-hydrogen) atoms. The van der Waals surface area contributed by atoms with Crippen molar-refractivity contribution in [2.45, 2.75) is 18.5 Å². The summed E-state index contributed by atoms with van der Waals surface area (Å²) < 4.78 is 43.8. The molecule has 0 atom stereocenters. The van der Waals surface area contributed by atoms with Crippen LogP contribution in [0.25, 0.3) is 11.1 Å². The molecule has 4 nitrogen and oxygen atoms in total. The van der Waals surface area contributed by atoms with E-state index in [9.17, 15) is 23.1 Å². The summed E-state index contributed by atoms with van der Waals surface area (Å²) in [4.78, 5) is 12.1. The van der Waals surface area contributed by atoms with Gasteiger partial charge < -0.3 is 15.2 Å². The first-order valence-electron chi connectivity index (χ1n) is 10.3. The van der Waals surface area contributed by atoms with Crippen LogP contribution < -0.4 is 5.32 Å². The van der Waals surface area contributed by atoms with Crippen molar-refractivity contribution < 1.29 is 27.8 Å². The van der Waals surface area contributed by atoms with Gasteiger partial charge in [-0.25, -0.2) is 4.79 Å². The highest BCUT2D eigenvalue weighted by molar-refractivity contribution is 5.79. The molecule has 0 fully saturated rings. The molecule has 1 aliphatic carbocycles. The Morgan fingerprint density at radius 3 is 2.27 bits per heavy atom. The van der Waals surface area contributed by atoms with E-state index in [1.54, 1.807) is 0 Å². The number of fused-ring (bicyclic) bond motifs is 3. The molecular formula is C26H20F3NO3. The van der Waals surface area contributed by atoms with Crippen molar-refractivity contribution in [1.29, 1.82) is 0 Å². The number of rotatable bonds is 4. The van der Waals surface area contributed by atoms with Crippen LogP contribution >= 0.6 is 0 Å². The second-order valence-electron chi connectivity index (χ2n) is 7.53. The SMILES string of the molecule is O=C(NCCC#Cc1cc(C(F)(F)F)ccc1O)OCC1c2ccccc2-c2ccccc21. The second-order valence-corrected chi connectivity index (χ2v) is 7.53. The van der Waals surface area contributed by atoms with Crippen LogP contribution in [0.5, 0.6) is 5.75 Å². The first-order chi connectivity index (χ1) is 15.8. The molecule has 168 valence electrons. The fraction of sp³-hybridized carbons (Fsp3) is 0.192. The molecule has 3 aromatic carbocycles. The van der Waals surface area contributed by atoms with E-state index in [-0.39, 0.29) is 36.8 Å². The number of halogens is 3. The molecule has 0 saturated heterocycles. The van der Waals surface area contributed by atoms with Crippen molar-refractivity contribution in [3.63, 3.8) is 0 Å². The summed E-state index contributed by atoms with van der Waals surface area (Å²) in [6.45, 7) is 0.340. The van der Waals surface area contributed by atoms with Gasteiger partial charge in [-0.2, -0.15) is 13.2 Å². The largest absolute Gasteiger partial charge is 0.507 e. The maximum atomic E-state index is 12.8. The predicted octanol–water partition coefficient (Wildman–Crippen LogP) is 5.69. The average Bonchev–Trinajstić information content (AvgIpc) is 3.11. The predicted molar refractivity (Wildman–Crippen MR) is 118 cm³/mol. The average molecular weight is 451 g/mol. The first kappa shape index (κ1) is 22.3. The highest BCUT2D eigenvalue weighted by Crippen LogP contribution is 2.44. The molecule has 1 amide bonds. The van der Waals surface area contributed by atoms with Crippen molar-refractivity contribution in [3.8, 4) is 28.7 Å². The van der Waals surface area contributed by atoms with E-state index in [1.807, 2.05) is 36.4 Å². The van der Waals surface area contributed by atoms with Crippen molar-refractivity contribution in [2.24, 2.45) is 0 Å². The van der Waals surface area contributed by atoms with E-state index in [2.05, 4.69) is 29.3 Å². The highest BCUT2D eigenvalue weighted by Gasteiger charge is 2.31. The summed E-state index contributed by atoms with van der Waals surface area (Å²) in [5, 5.41) is 12.3. The van der Waals surface area contributed by atoms with Crippen LogP contribution in [-0.4, -0.2) is 24.4 Å². The summed E-state index contributed by atoms with van der Waals surface area (Å²) in [6, 6.07) is 18.6. The molecular weight excluding hydrogens is 431 g/mol. The van der Waals surface area contributed by atoms with E-state index >= 15 is 0 Å². The summed E-state index contributed by atoms with van der Waals surface area (Å²) in [6.07, 6.45) is -4.93. The van der Waals surface area contributed by atoms with E-state index in [0.717, 1.165) is 40.5 Å². The van der Waals surface area contributed by atoms with Crippen molar-refractivity contribution >= 4 is 6.09 Å². The monoisotopic (exact) mass is 451 g/mol. The van der Waals surface area contributed by atoms with Crippen LogP contribution in [0.2, 0.25) is 0 Å². The van der Waals surface area contributed by atoms with Crippen molar-refractivity contribution in [2.75, 3.05) is 13.2 Å². The van der Waals surface area contributed by atoms with Gasteiger partial charge in [-0.1, -0.05) is 60.4 Å². The molecule has 0 aliphatic heterocycles. The molecule has 4 rings (SSSR count). The Labute approximate surface area is 189 Å². The van der Waals surface area contributed by atoms with Gasteiger partial charge in [0.05, 0.1) is 11.1 Å². The van der Waals surface area contributed by atoms with Gasteiger partial charge in [0.25, 0.3) is 0 Å². The maximum Gasteiger partial charge on any atom is 0.416 e. The van der Waals surface area contributed by atoms with Crippen LogP contribution in [-0.2, 0) is 10.9 Å². The van der Waals surface area contributed by atoms with E-state index in [1.165, 1.54) is 0 Å². The van der Waals surface area contributed by atoms with E-state index in [4.69, 9.17) is 4.74 Å². The lowest BCUT2D eigenvalue weighted by Gasteiger charge is -2.14. The number of hydrogen-bond donors (Lipinski definition) is 2. The molecule has 0 heterocycles. The third kappa shape index (κ3) is 4.96. The summed E-state index contributed by atoms with van der Waals surface area (Å²) >= 11 is 0. The van der Waals surface area contributed by atoms with Crippen molar-refractivity contribution in [1.82, 2.24) is 5.32 Å². The minimum absolute atomic E-state index is 0.0492. The fourth-order valence-electron chi connectivity index (χ4n) is 3.85. The van der Waals surface area contributed by atoms with Crippen LogP contribution in [0, 0.1) is 11.8 Å². The fourth-order valence-corrected chi connectivity index (χ4v) is 3.85. The Bertz CT molecular complexity index is 1200. The second kappa shape index (κ2) is 9.29. The Hall–Kier alpha value is -3.92. The molecule has 0 aromatic heterocycles. The number of alkyl halides is 3. The van der Waals surface area contributed by atoms with Gasteiger partial charge in [-0.3, -0.25) is 0 Å². The first-order valence-corrected chi connectivity index (χ1v) is 10.3. The zero-order valence-corrected chi connectivity index (χ0v) is 17.4. The number of benzene rings is 3. The molecule has 0 unspecified atom stereocenters. The van der Waals surface area contributed by atoms with Gasteiger partial charge in [0.2, 0.25) is 0 Å². The lowest BCUT2D eigenvalue weighted by Crippen LogP contribution is -2.26. The number of ether oxygens (including phenoxy) is 1. The van der Waals surface area contributed by atoms with Crippen LogP contribution in [0.15, 0.2) is 66.7 Å². The van der Waals surface area contributed by atoms with Crippen LogP contribution in [0.1, 0.15) is 34.6 Å². The maximum absolute atomic E-state index is 12.8. The number of aromatic hydroxyl groups is 1. The van der Waals surface area contributed by atoms with Crippen LogP contribution in [0.4, 0.5) is 18.0 Å². The van der Waals surface area contributed by atoms with Crippen molar-refractivity contribution in [3.05, 3.63) is 89.0 Å². The van der Waals surface area contributed by atoms with Gasteiger partial charge in [0, 0.05) is 18.9 Å². The minimum Gasteiger partial charge on any atom is -0.507 e. The molecule has 0 saturated carbocycles. The Balaban J connectivity index is 1.30. The Morgan fingerprint density at radius 2 is 1.64 bits per heavy atom. The zero-order chi connectivity index (χ0) is 23.4. The highest BCUT2D eigenvalue weighted by atomic mass is 19.4. The third-order valence-electron chi connectivity index (χ3n) is 5.41. The number of nitrogens with one attached hydrogen (secondary N) is 1. The van der Waals surface area contributed by atoms with Gasteiger partial charge in [0.15, 0.2) is 0 Å². The minimum atomic E-state index is -4.52. The number of carbonyl (C=O) groups excluding carboxylic acids is 1. The number of hydrogen-bond acceptors (Lipinski definition) is 3. The zero-order valence-electron chi connectivity index (χ0n) is 17.4. The van der Waals surface area contributed by atoms with Gasteiger partial charge in [0.1, 0.15) is 12.4 Å². The Morgan fingerprint density at radius 1 is 1.00 bits per heavy atom. The summed E-state index contributed by atoms with van der Waals surface area (Å²) in [7, 11) is 0. The van der Waals surface area contributed by atoms with Gasteiger partial charge >= 0.3 is 12.3 Å². The lowest BCUT2D eigenvalue weighted by molar-refractivity contribution is -0.137. The number of alkyl carbamates (subject to hydrolysis) is 1. The lowest BCUT2D eigenvalue weighted by atomic mass is 9.98. The topological polar surface area (TPSA) is 58.6 Å². The number of phenolic OH excluding ortho intramolecular Hbond substituents is 1. The summed E-state index contributed by atoms with van der Waals surface area (Å²) in [5.41, 5.74) is 3.48. The third-order valence-corrected chi connectivity index (χ3v) is 5.41. The van der Waals surface area contributed by atoms with E-state index in [0.29, 0.717) is 0 Å². The number of amides is 1. The normalized spacial score (nSPS) is 12.3. The molecule has 0 spiro atoms. The molecule has 1 aliphatic rings. The molecule has 3 aromatic rings. The Kier molecular flexibility index (Phi) is 6.27.